The van der Waals surface area contributed by atoms with E-state index in [0.717, 1.165) is 0 Å². The van der Waals surface area contributed by atoms with Crippen LogP contribution in [0.4, 0.5) is 0 Å². The van der Waals surface area contributed by atoms with Crippen LogP contribution < -0.4 is 5.32 Å². The molecule has 7 heavy (non-hydrogen) atoms. The van der Waals surface area contributed by atoms with Gasteiger partial charge in [-0.25, -0.2) is 0 Å². The molecule has 1 aliphatic heterocycles. The van der Waals surface area contributed by atoms with Gasteiger partial charge in [0.25, 0.3) is 0 Å². The largest absolute Gasteiger partial charge is 0.317 e. The molecule has 1 radical (unpaired) electrons. The van der Waals surface area contributed by atoms with Crippen LogP contribution in [0.25, 0.3) is 0 Å². The number of hydrogen-bond acceptors (Lipinski definition) is 1. The first-order chi connectivity index (χ1) is 3.00. The van der Waals surface area contributed by atoms with E-state index in [0.29, 0.717) is 0 Å². The number of piperidine rings is 1. The summed E-state index contributed by atoms with van der Waals surface area (Å²) in [5.41, 5.74) is 0. The molecule has 2 heteroatoms. The minimum Gasteiger partial charge on any atom is -0.317 e. The van der Waals surface area contributed by atoms with Crippen molar-refractivity contribution in [3.63, 3.8) is 0 Å². The van der Waals surface area contributed by atoms with Crippen molar-refractivity contribution in [2.45, 2.75) is 19.3 Å². The Morgan fingerprint density at radius 1 is 0.857 bits per heavy atom. The molecule has 1 rings (SSSR count). The van der Waals surface area contributed by atoms with Crippen LogP contribution in [0.5, 0.6) is 0 Å². The van der Waals surface area contributed by atoms with Gasteiger partial charge in [0, 0.05) is 51.4 Å². The first kappa shape index (κ1) is 8.60. The van der Waals surface area contributed by atoms with Gasteiger partial charge in [0.05, 0.1) is 0 Å². The van der Waals surface area contributed by atoms with Crippen molar-refractivity contribution in [2.75, 3.05) is 13.1 Å². The van der Waals surface area contributed by atoms with Gasteiger partial charge in [-0.1, -0.05) is 6.42 Å². The number of rotatable bonds is 0. The van der Waals surface area contributed by atoms with E-state index < -0.39 is 0 Å². The van der Waals surface area contributed by atoms with E-state index in [1.54, 1.807) is 0 Å². The van der Waals surface area contributed by atoms with Crippen molar-refractivity contribution < 1.29 is 0 Å². The molecule has 0 aromatic heterocycles. The molecule has 0 bridgehead atoms. The summed E-state index contributed by atoms with van der Waals surface area (Å²) in [6.45, 7) is 2.50. The third-order valence-corrected chi connectivity index (χ3v) is 1.21. The molecule has 0 saturated carbocycles. The summed E-state index contributed by atoms with van der Waals surface area (Å²) < 4.78 is 0. The molecule has 1 heterocycles. The zero-order chi connectivity index (χ0) is 4.24. The second-order valence-corrected chi connectivity index (χ2v) is 1.81. The van der Waals surface area contributed by atoms with E-state index in [1.165, 1.54) is 32.4 Å². The summed E-state index contributed by atoms with van der Waals surface area (Å²) in [6, 6.07) is 0. The Hall–Kier alpha value is 1.60. The summed E-state index contributed by atoms with van der Waals surface area (Å²) in [4.78, 5) is 0. The average molecular weight is 124 g/mol. The van der Waals surface area contributed by atoms with Crippen LogP contribution in [0.2, 0.25) is 0 Å². The molecule has 1 saturated heterocycles. The minimum absolute atomic E-state index is 0. The Morgan fingerprint density at radius 3 is 1.57 bits per heavy atom. The van der Waals surface area contributed by atoms with Crippen LogP contribution in [0.3, 0.4) is 0 Å². The molecule has 0 aromatic carbocycles. The molecule has 0 atom stereocenters. The van der Waals surface area contributed by atoms with Gasteiger partial charge < -0.3 is 5.32 Å². The topological polar surface area (TPSA) is 12.0 Å². The third kappa shape index (κ3) is 4.12. The van der Waals surface area contributed by atoms with E-state index in [2.05, 4.69) is 5.32 Å². The van der Waals surface area contributed by atoms with Crippen LogP contribution >= 0.6 is 0 Å². The van der Waals surface area contributed by atoms with E-state index in [-0.39, 0.29) is 51.4 Å². The standard InChI is InChI=1S/C5H11N.K/c1-2-4-6-5-3-1;/h6H,1-5H2;. The van der Waals surface area contributed by atoms with Gasteiger partial charge in [-0.15, -0.1) is 0 Å². The monoisotopic (exact) mass is 124 g/mol. The zero-order valence-electron chi connectivity index (χ0n) is 5.04. The van der Waals surface area contributed by atoms with Gasteiger partial charge in [0.1, 0.15) is 0 Å². The number of nitrogens with one attached hydrogen (secondary N) is 1. The van der Waals surface area contributed by atoms with E-state index in [1.807, 2.05) is 0 Å². The maximum Gasteiger partial charge on any atom is 0 e. The fraction of sp³-hybridized carbons (Fsp3) is 1.00. The average Bonchev–Trinajstić information content (AvgIpc) is 1.72. The third-order valence-electron chi connectivity index (χ3n) is 1.21. The molecule has 37 valence electrons. The second-order valence-electron chi connectivity index (χ2n) is 1.81. The fourth-order valence-corrected chi connectivity index (χ4v) is 0.802. The van der Waals surface area contributed by atoms with Crippen molar-refractivity contribution >= 4 is 51.4 Å². The van der Waals surface area contributed by atoms with Gasteiger partial charge >= 0.3 is 0 Å². The molecule has 1 nitrogen and oxygen atoms in total. The summed E-state index contributed by atoms with van der Waals surface area (Å²) >= 11 is 0. The summed E-state index contributed by atoms with van der Waals surface area (Å²) in [7, 11) is 0. The fourth-order valence-electron chi connectivity index (χ4n) is 0.802. The molecule has 1 N–H and O–H groups in total. The van der Waals surface area contributed by atoms with Crippen molar-refractivity contribution in [2.24, 2.45) is 0 Å². The van der Waals surface area contributed by atoms with Crippen molar-refractivity contribution in [3.8, 4) is 0 Å². The molecular weight excluding hydrogens is 113 g/mol. The Balaban J connectivity index is 0.000000360. The van der Waals surface area contributed by atoms with Gasteiger partial charge in [0.2, 0.25) is 0 Å². The zero-order valence-corrected chi connectivity index (χ0v) is 8.16. The normalized spacial score (nSPS) is 20.6. The predicted octanol–water partition coefficient (Wildman–Crippen LogP) is 0.379. The molecule has 0 spiro atoms. The first-order valence-corrected chi connectivity index (χ1v) is 2.71. The molecular formula is C5H11KN. The predicted molar refractivity (Wildman–Crippen MR) is 32.5 cm³/mol. The Labute approximate surface area is 87.7 Å². The van der Waals surface area contributed by atoms with E-state index >= 15 is 0 Å². The van der Waals surface area contributed by atoms with Crippen LogP contribution in [-0.4, -0.2) is 64.5 Å². The summed E-state index contributed by atoms with van der Waals surface area (Å²) in [5, 5.41) is 3.28. The smallest absolute Gasteiger partial charge is 0 e. The van der Waals surface area contributed by atoms with Crippen LogP contribution in [0, 0.1) is 0 Å². The Morgan fingerprint density at radius 2 is 1.43 bits per heavy atom. The van der Waals surface area contributed by atoms with Crippen LogP contribution in [0.1, 0.15) is 19.3 Å². The minimum atomic E-state index is 0. The van der Waals surface area contributed by atoms with Crippen molar-refractivity contribution in [1.82, 2.24) is 5.32 Å². The maximum absolute atomic E-state index is 3.28. The number of hydrogen-bond donors (Lipinski definition) is 1. The van der Waals surface area contributed by atoms with Crippen molar-refractivity contribution in [1.29, 1.82) is 0 Å². The second kappa shape index (κ2) is 5.73. The van der Waals surface area contributed by atoms with E-state index in [4.69, 9.17) is 0 Å². The molecule has 0 amide bonds. The summed E-state index contributed by atoms with van der Waals surface area (Å²) in [5.74, 6) is 0. The van der Waals surface area contributed by atoms with Gasteiger partial charge in [-0.2, -0.15) is 0 Å². The SMILES string of the molecule is C1CCNCC1.[K]. The van der Waals surface area contributed by atoms with Gasteiger partial charge in [-0.05, 0) is 25.9 Å². The summed E-state index contributed by atoms with van der Waals surface area (Å²) in [6.07, 6.45) is 4.22. The van der Waals surface area contributed by atoms with Crippen LogP contribution in [0.15, 0.2) is 0 Å². The Bertz CT molecular complexity index is 23.6. The first-order valence-electron chi connectivity index (χ1n) is 2.71. The molecule has 0 aliphatic carbocycles. The van der Waals surface area contributed by atoms with Crippen molar-refractivity contribution in [3.05, 3.63) is 0 Å². The quantitative estimate of drug-likeness (QED) is 0.460. The molecule has 0 aromatic rings. The van der Waals surface area contributed by atoms with Gasteiger partial charge in [-0.3, -0.25) is 0 Å². The molecule has 1 aliphatic rings. The molecule has 1 fully saturated rings. The Kier molecular flexibility index (Phi) is 7.03. The van der Waals surface area contributed by atoms with Gasteiger partial charge in [0.15, 0.2) is 0 Å². The van der Waals surface area contributed by atoms with Crippen LogP contribution in [-0.2, 0) is 0 Å². The van der Waals surface area contributed by atoms with E-state index in [9.17, 15) is 0 Å². The molecule has 0 unspecified atom stereocenters. The maximum atomic E-state index is 3.28.